The molecule has 1 fully saturated rings. The smallest absolute Gasteiger partial charge is 0.323 e. The number of hydrogen-bond acceptors (Lipinski definition) is 10. The molecule has 0 radical (unpaired) electrons. The molecule has 59 heavy (non-hydrogen) atoms. The lowest BCUT2D eigenvalue weighted by Crippen LogP contribution is -2.39. The summed E-state index contributed by atoms with van der Waals surface area (Å²) in [5.74, 6) is 2.13. The second-order valence-electron chi connectivity index (χ2n) is 15.9. The number of sulfonamides is 1. The van der Waals surface area contributed by atoms with Crippen LogP contribution >= 0.6 is 0 Å². The lowest BCUT2D eigenvalue weighted by molar-refractivity contribution is 0.0312. The van der Waals surface area contributed by atoms with Crippen molar-refractivity contribution in [2.75, 3.05) is 68.7 Å². The normalized spacial score (nSPS) is 14.0. The van der Waals surface area contributed by atoms with E-state index in [1.54, 1.807) is 43.6 Å². The molecule has 0 unspecified atom stereocenters. The highest BCUT2D eigenvalue weighted by Crippen LogP contribution is 2.40. The molecule has 312 valence electrons. The summed E-state index contributed by atoms with van der Waals surface area (Å²) in [6, 6.07) is 23.4. The molecule has 5 aromatic rings. The molecule has 0 spiro atoms. The fourth-order valence-corrected chi connectivity index (χ4v) is 7.69. The number of carbonyl (C=O) groups is 2. The Bertz CT molecular complexity index is 2430. The molecular weight excluding hydrogens is 771 g/mol. The molecule has 1 aliphatic heterocycles. The van der Waals surface area contributed by atoms with Crippen LogP contribution in [0.15, 0.2) is 85.1 Å². The fraction of sp³-hybridized carbons (Fsp3) is 0.356. The molecule has 0 saturated carbocycles. The summed E-state index contributed by atoms with van der Waals surface area (Å²) < 4.78 is 50.0. The Morgan fingerprint density at radius 1 is 0.864 bits per heavy atom. The average molecular weight is 824 g/mol. The van der Waals surface area contributed by atoms with Crippen molar-refractivity contribution in [3.05, 3.63) is 107 Å². The number of ketones is 1. The number of pyridine rings is 1. The van der Waals surface area contributed by atoms with E-state index in [1.807, 2.05) is 69.3 Å². The van der Waals surface area contributed by atoms with Gasteiger partial charge in [-0.1, -0.05) is 58.0 Å². The highest BCUT2D eigenvalue weighted by atomic mass is 32.2. The van der Waals surface area contributed by atoms with Crippen molar-refractivity contribution in [2.24, 2.45) is 5.92 Å². The summed E-state index contributed by atoms with van der Waals surface area (Å²) in [5, 5.41) is 7.29. The maximum absolute atomic E-state index is 13.5. The minimum atomic E-state index is -3.64. The van der Waals surface area contributed by atoms with E-state index < -0.39 is 16.1 Å². The minimum absolute atomic E-state index is 0.0564. The van der Waals surface area contributed by atoms with Crippen molar-refractivity contribution in [1.29, 1.82) is 0 Å². The van der Waals surface area contributed by atoms with Crippen molar-refractivity contribution in [1.82, 2.24) is 9.88 Å². The molecule has 1 atom stereocenters. The van der Waals surface area contributed by atoms with Gasteiger partial charge in [0.25, 0.3) is 0 Å². The molecule has 2 amide bonds. The van der Waals surface area contributed by atoms with Gasteiger partial charge in [-0.05, 0) is 64.9 Å². The molecule has 6 rings (SSSR count). The lowest BCUT2D eigenvalue weighted by atomic mass is 9.86. The summed E-state index contributed by atoms with van der Waals surface area (Å²) in [6.45, 7) is 12.2. The Morgan fingerprint density at radius 3 is 2.27 bits per heavy atom. The van der Waals surface area contributed by atoms with Crippen LogP contribution in [-0.2, 0) is 26.6 Å². The molecule has 1 aromatic heterocycles. The van der Waals surface area contributed by atoms with Crippen LogP contribution in [0.25, 0.3) is 10.8 Å². The number of Topliss-reactive ketones (excluding diaryl/α,β-unsaturated/α-hetero) is 1. The number of nitrogens with zero attached hydrogens (tertiary/aromatic N) is 2. The van der Waals surface area contributed by atoms with Crippen molar-refractivity contribution >= 4 is 49.7 Å². The van der Waals surface area contributed by atoms with E-state index in [4.69, 9.17) is 18.9 Å². The van der Waals surface area contributed by atoms with Crippen molar-refractivity contribution in [2.45, 2.75) is 46.0 Å². The number of amides is 2. The Kier molecular flexibility index (Phi) is 13.4. The zero-order valence-corrected chi connectivity index (χ0v) is 35.5. The Balaban J connectivity index is 1.16. The third-order valence-corrected chi connectivity index (χ3v) is 10.6. The number of methoxy groups -OCH3 is 2. The van der Waals surface area contributed by atoms with Gasteiger partial charge >= 0.3 is 6.03 Å². The molecule has 1 aliphatic rings. The number of benzene rings is 4. The van der Waals surface area contributed by atoms with E-state index in [-0.39, 0.29) is 28.6 Å². The van der Waals surface area contributed by atoms with Gasteiger partial charge in [0, 0.05) is 61.2 Å². The number of ether oxygens (including phenoxy) is 4. The number of carbonyl (C=O) groups excluding carboxylic acids is 2. The van der Waals surface area contributed by atoms with E-state index in [9.17, 15) is 18.0 Å². The van der Waals surface area contributed by atoms with Crippen LogP contribution in [0.2, 0.25) is 0 Å². The summed E-state index contributed by atoms with van der Waals surface area (Å²) in [4.78, 5) is 33.8. The van der Waals surface area contributed by atoms with Gasteiger partial charge in [0.1, 0.15) is 17.2 Å². The summed E-state index contributed by atoms with van der Waals surface area (Å²) >= 11 is 0. The van der Waals surface area contributed by atoms with Crippen LogP contribution in [0.4, 0.5) is 21.9 Å². The van der Waals surface area contributed by atoms with Gasteiger partial charge in [0.05, 0.1) is 56.3 Å². The average Bonchev–Trinajstić information content (AvgIpc) is 3.18. The van der Waals surface area contributed by atoms with Gasteiger partial charge in [-0.3, -0.25) is 19.4 Å². The number of fused-ring (bicyclic) bond motifs is 1. The first-order chi connectivity index (χ1) is 28.1. The summed E-state index contributed by atoms with van der Waals surface area (Å²) in [6.07, 6.45) is 3.67. The standard InChI is InChI=1S/C45H53N5O8S/c1-29(28-50-18-20-57-21-19-50)22-40(51)36-13-12-30(24-42(36)55-5)23-32-27-33(16-17-46-32)58-41-15-14-37(34-10-8-9-11-35(34)41)47-44(52)48-38-25-31(45(2,3)4)26-39(43(38)56-6)49-59(7,53)54/h8-17,24-27,29,49H,18-23,28H2,1-7H3,(H2,47,48,52)/t29-/m1/s1. The van der Waals surface area contributed by atoms with Crippen molar-refractivity contribution in [3.63, 3.8) is 0 Å². The maximum Gasteiger partial charge on any atom is 0.323 e. The number of hydrogen-bond donors (Lipinski definition) is 3. The van der Waals surface area contributed by atoms with Gasteiger partial charge in [0.2, 0.25) is 10.0 Å². The first-order valence-electron chi connectivity index (χ1n) is 19.5. The van der Waals surface area contributed by atoms with E-state index in [1.165, 1.54) is 7.11 Å². The zero-order chi connectivity index (χ0) is 42.3. The second-order valence-corrected chi connectivity index (χ2v) is 17.7. The Hall–Kier alpha value is -5.70. The number of morpholine rings is 1. The van der Waals surface area contributed by atoms with Gasteiger partial charge in [-0.2, -0.15) is 0 Å². The predicted molar refractivity (Wildman–Crippen MR) is 232 cm³/mol. The second kappa shape index (κ2) is 18.5. The van der Waals surface area contributed by atoms with Crippen LogP contribution in [-0.4, -0.2) is 83.4 Å². The molecule has 14 heteroatoms. The third-order valence-electron chi connectivity index (χ3n) is 10.0. The number of urea groups is 1. The van der Waals surface area contributed by atoms with E-state index in [2.05, 4.69) is 32.2 Å². The third kappa shape index (κ3) is 11.3. The summed E-state index contributed by atoms with van der Waals surface area (Å²) in [5.41, 5.74) is 3.75. The van der Waals surface area contributed by atoms with E-state index in [0.29, 0.717) is 47.0 Å². The van der Waals surface area contributed by atoms with Crippen LogP contribution in [0.5, 0.6) is 23.0 Å². The van der Waals surface area contributed by atoms with Crippen LogP contribution in [0.3, 0.4) is 0 Å². The number of nitrogens with one attached hydrogen (secondary N) is 3. The highest BCUT2D eigenvalue weighted by Gasteiger charge is 2.23. The molecule has 3 N–H and O–H groups in total. The molecule has 4 aromatic carbocycles. The first kappa shape index (κ1) is 42.9. The SMILES string of the molecule is COc1cc(Cc2cc(Oc3ccc(NC(=O)Nc4cc(C(C)(C)C)cc(NS(C)(=O)=O)c4OC)c4ccccc34)ccn2)ccc1C(=O)C[C@@H](C)CN1CCOCC1. The van der Waals surface area contributed by atoms with Crippen molar-refractivity contribution < 1.29 is 37.0 Å². The maximum atomic E-state index is 13.5. The predicted octanol–water partition coefficient (Wildman–Crippen LogP) is 8.49. The quantitative estimate of drug-likeness (QED) is 0.0875. The first-order valence-corrected chi connectivity index (χ1v) is 21.4. The Labute approximate surface area is 346 Å². The van der Waals surface area contributed by atoms with Gasteiger partial charge in [0.15, 0.2) is 11.5 Å². The summed E-state index contributed by atoms with van der Waals surface area (Å²) in [7, 11) is -0.647. The Morgan fingerprint density at radius 2 is 1.58 bits per heavy atom. The van der Waals surface area contributed by atoms with E-state index in [0.717, 1.165) is 66.7 Å². The highest BCUT2D eigenvalue weighted by molar-refractivity contribution is 7.92. The van der Waals surface area contributed by atoms with Crippen molar-refractivity contribution in [3.8, 4) is 23.0 Å². The molecule has 1 saturated heterocycles. The lowest BCUT2D eigenvalue weighted by Gasteiger charge is -2.29. The van der Waals surface area contributed by atoms with Crippen LogP contribution in [0, 0.1) is 5.92 Å². The zero-order valence-electron chi connectivity index (χ0n) is 34.7. The van der Waals surface area contributed by atoms with Gasteiger partial charge in [-0.15, -0.1) is 0 Å². The number of anilines is 3. The minimum Gasteiger partial charge on any atom is -0.496 e. The van der Waals surface area contributed by atoms with Crippen LogP contribution in [0.1, 0.15) is 61.3 Å². The molecule has 0 aliphatic carbocycles. The van der Waals surface area contributed by atoms with Gasteiger partial charge < -0.3 is 29.6 Å². The topological polar surface area (TPSA) is 157 Å². The van der Waals surface area contributed by atoms with Gasteiger partial charge in [-0.25, -0.2) is 13.2 Å². The number of rotatable bonds is 15. The van der Waals surface area contributed by atoms with E-state index >= 15 is 0 Å². The number of aromatic nitrogens is 1. The fourth-order valence-electron chi connectivity index (χ4n) is 7.14. The molecule has 2 heterocycles. The monoisotopic (exact) mass is 823 g/mol. The largest absolute Gasteiger partial charge is 0.496 e. The molecule has 13 nitrogen and oxygen atoms in total. The molecule has 0 bridgehead atoms. The molecular formula is C45H53N5O8S. The van der Waals surface area contributed by atoms with Crippen LogP contribution < -0.4 is 29.6 Å².